The lowest BCUT2D eigenvalue weighted by atomic mass is 10.1. The van der Waals surface area contributed by atoms with Crippen molar-refractivity contribution in [2.45, 2.75) is 13.0 Å². The molecule has 2 aromatic rings. The SMILES string of the molecule is Cc1ccsc1C(=O)O[C@@H](C(=O)N(C)C)c1ccccc1. The summed E-state index contributed by atoms with van der Waals surface area (Å²) < 4.78 is 5.47. The van der Waals surface area contributed by atoms with E-state index < -0.39 is 12.1 Å². The molecule has 0 radical (unpaired) electrons. The molecular formula is C16H17NO3S. The van der Waals surface area contributed by atoms with Gasteiger partial charge in [0, 0.05) is 19.7 Å². The summed E-state index contributed by atoms with van der Waals surface area (Å²) in [5, 5.41) is 1.83. The molecule has 1 atom stereocenters. The van der Waals surface area contributed by atoms with Crippen LogP contribution in [0, 0.1) is 6.92 Å². The van der Waals surface area contributed by atoms with Crippen LogP contribution in [0.15, 0.2) is 41.8 Å². The van der Waals surface area contributed by atoms with Gasteiger partial charge < -0.3 is 9.64 Å². The van der Waals surface area contributed by atoms with Gasteiger partial charge in [-0.15, -0.1) is 11.3 Å². The van der Waals surface area contributed by atoms with E-state index in [9.17, 15) is 9.59 Å². The van der Waals surface area contributed by atoms with Crippen LogP contribution in [0.4, 0.5) is 0 Å². The summed E-state index contributed by atoms with van der Waals surface area (Å²) in [6, 6.07) is 10.9. The second-order valence-electron chi connectivity index (χ2n) is 4.86. The van der Waals surface area contributed by atoms with Gasteiger partial charge in [0.1, 0.15) is 4.88 Å². The van der Waals surface area contributed by atoms with Crippen LogP contribution in [0.5, 0.6) is 0 Å². The molecule has 1 heterocycles. The largest absolute Gasteiger partial charge is 0.443 e. The van der Waals surface area contributed by atoms with Gasteiger partial charge >= 0.3 is 5.97 Å². The van der Waals surface area contributed by atoms with Crippen molar-refractivity contribution >= 4 is 23.2 Å². The van der Waals surface area contributed by atoms with E-state index >= 15 is 0 Å². The standard InChI is InChI=1S/C16H17NO3S/c1-11-9-10-21-14(11)16(19)20-13(15(18)17(2)3)12-7-5-4-6-8-12/h4-10,13H,1-3H3/t13-/m1/s1. The Morgan fingerprint density at radius 1 is 1.14 bits per heavy atom. The van der Waals surface area contributed by atoms with Gasteiger partial charge in [0.2, 0.25) is 6.10 Å². The molecule has 0 aliphatic carbocycles. The average Bonchev–Trinajstić information content (AvgIpc) is 2.91. The molecular weight excluding hydrogens is 286 g/mol. The van der Waals surface area contributed by atoms with Gasteiger partial charge in [-0.05, 0) is 23.9 Å². The summed E-state index contributed by atoms with van der Waals surface area (Å²) in [4.78, 5) is 26.5. The minimum atomic E-state index is -0.921. The van der Waals surface area contributed by atoms with Gasteiger partial charge in [0.25, 0.3) is 5.91 Å². The van der Waals surface area contributed by atoms with Crippen LogP contribution in [-0.4, -0.2) is 30.9 Å². The summed E-state index contributed by atoms with van der Waals surface area (Å²) in [7, 11) is 3.28. The number of carbonyl (C=O) groups excluding carboxylic acids is 2. The van der Waals surface area contributed by atoms with Crippen molar-refractivity contribution in [2.24, 2.45) is 0 Å². The van der Waals surface area contributed by atoms with Crippen molar-refractivity contribution in [1.82, 2.24) is 4.90 Å². The topological polar surface area (TPSA) is 46.6 Å². The highest BCUT2D eigenvalue weighted by Crippen LogP contribution is 2.24. The first-order valence-corrected chi connectivity index (χ1v) is 7.40. The number of nitrogens with zero attached hydrogens (tertiary/aromatic N) is 1. The highest BCUT2D eigenvalue weighted by Gasteiger charge is 2.27. The zero-order valence-electron chi connectivity index (χ0n) is 12.2. The third-order valence-corrected chi connectivity index (χ3v) is 4.04. The molecule has 0 unspecified atom stereocenters. The minimum absolute atomic E-state index is 0.260. The Labute approximate surface area is 128 Å². The van der Waals surface area contributed by atoms with E-state index in [-0.39, 0.29) is 5.91 Å². The van der Waals surface area contributed by atoms with Crippen LogP contribution in [0.1, 0.15) is 26.9 Å². The van der Waals surface area contributed by atoms with Gasteiger partial charge in [-0.25, -0.2) is 4.79 Å². The monoisotopic (exact) mass is 303 g/mol. The van der Waals surface area contributed by atoms with Crippen molar-refractivity contribution in [3.8, 4) is 0 Å². The van der Waals surface area contributed by atoms with Crippen molar-refractivity contribution in [2.75, 3.05) is 14.1 Å². The summed E-state index contributed by atoms with van der Waals surface area (Å²) in [6.45, 7) is 1.85. The molecule has 0 aliphatic heterocycles. The molecule has 0 bridgehead atoms. The highest BCUT2D eigenvalue weighted by molar-refractivity contribution is 7.12. The number of amides is 1. The van der Waals surface area contributed by atoms with Gasteiger partial charge in [0.05, 0.1) is 0 Å². The van der Waals surface area contributed by atoms with Crippen LogP contribution in [0.25, 0.3) is 0 Å². The first-order valence-electron chi connectivity index (χ1n) is 6.52. The molecule has 1 aromatic carbocycles. The van der Waals surface area contributed by atoms with Crippen molar-refractivity contribution < 1.29 is 14.3 Å². The molecule has 2 rings (SSSR count). The molecule has 0 saturated heterocycles. The summed E-state index contributed by atoms with van der Waals surface area (Å²) >= 11 is 1.32. The van der Waals surface area contributed by atoms with E-state index in [1.165, 1.54) is 16.2 Å². The molecule has 0 fully saturated rings. The fraction of sp³-hybridized carbons (Fsp3) is 0.250. The summed E-state index contributed by atoms with van der Waals surface area (Å²) in [5.74, 6) is -0.727. The fourth-order valence-corrected chi connectivity index (χ4v) is 2.67. The van der Waals surface area contributed by atoms with E-state index in [4.69, 9.17) is 4.74 Å². The zero-order valence-corrected chi connectivity index (χ0v) is 13.0. The Hall–Kier alpha value is -2.14. The highest BCUT2D eigenvalue weighted by atomic mass is 32.1. The van der Waals surface area contributed by atoms with Crippen LogP contribution in [0.2, 0.25) is 0 Å². The Morgan fingerprint density at radius 3 is 2.33 bits per heavy atom. The molecule has 0 saturated carbocycles. The Bertz CT molecular complexity index is 634. The van der Waals surface area contributed by atoms with Crippen LogP contribution < -0.4 is 0 Å². The number of thiophene rings is 1. The lowest BCUT2D eigenvalue weighted by Gasteiger charge is -2.21. The minimum Gasteiger partial charge on any atom is -0.443 e. The zero-order chi connectivity index (χ0) is 15.4. The number of carbonyl (C=O) groups is 2. The van der Waals surface area contributed by atoms with E-state index in [1.54, 1.807) is 26.2 Å². The normalized spacial score (nSPS) is 11.8. The quantitative estimate of drug-likeness (QED) is 0.816. The Kier molecular flexibility index (Phi) is 4.75. The molecule has 1 aromatic heterocycles. The number of esters is 1. The van der Waals surface area contributed by atoms with E-state index in [0.717, 1.165) is 5.56 Å². The lowest BCUT2D eigenvalue weighted by molar-refractivity contribution is -0.138. The molecule has 0 spiro atoms. The second-order valence-corrected chi connectivity index (χ2v) is 5.78. The fourth-order valence-electron chi connectivity index (χ4n) is 1.87. The predicted molar refractivity (Wildman–Crippen MR) is 82.3 cm³/mol. The number of benzene rings is 1. The molecule has 0 N–H and O–H groups in total. The van der Waals surface area contributed by atoms with Crippen LogP contribution in [-0.2, 0) is 9.53 Å². The van der Waals surface area contributed by atoms with E-state index in [0.29, 0.717) is 10.4 Å². The Balaban J connectivity index is 2.27. The van der Waals surface area contributed by atoms with Gasteiger partial charge in [0.15, 0.2) is 0 Å². The number of likely N-dealkylation sites (N-methyl/N-ethyl adjacent to an activating group) is 1. The first kappa shape index (κ1) is 15.3. The Morgan fingerprint density at radius 2 is 1.81 bits per heavy atom. The maximum Gasteiger partial charge on any atom is 0.349 e. The summed E-state index contributed by atoms with van der Waals surface area (Å²) in [5.41, 5.74) is 1.52. The maximum atomic E-state index is 12.3. The summed E-state index contributed by atoms with van der Waals surface area (Å²) in [6.07, 6.45) is -0.921. The second kappa shape index (κ2) is 6.54. The van der Waals surface area contributed by atoms with Gasteiger partial charge in [-0.3, -0.25) is 4.79 Å². The van der Waals surface area contributed by atoms with Gasteiger partial charge in [-0.2, -0.15) is 0 Å². The third-order valence-electron chi connectivity index (χ3n) is 3.04. The molecule has 21 heavy (non-hydrogen) atoms. The molecule has 4 nitrogen and oxygen atoms in total. The molecule has 110 valence electrons. The first-order chi connectivity index (χ1) is 10.0. The average molecular weight is 303 g/mol. The van der Waals surface area contributed by atoms with Crippen molar-refractivity contribution in [1.29, 1.82) is 0 Å². The van der Waals surface area contributed by atoms with E-state index in [1.807, 2.05) is 36.6 Å². The molecule has 0 aliphatic rings. The number of rotatable bonds is 4. The predicted octanol–water partition coefficient (Wildman–Crippen LogP) is 3.04. The smallest absolute Gasteiger partial charge is 0.349 e. The van der Waals surface area contributed by atoms with Crippen molar-refractivity contribution in [3.05, 3.63) is 57.8 Å². The number of hydrogen-bond donors (Lipinski definition) is 0. The van der Waals surface area contributed by atoms with Crippen LogP contribution >= 0.6 is 11.3 Å². The van der Waals surface area contributed by atoms with Crippen LogP contribution in [0.3, 0.4) is 0 Å². The number of aryl methyl sites for hydroxylation is 1. The third kappa shape index (κ3) is 3.49. The molecule has 5 heteroatoms. The number of ether oxygens (including phenoxy) is 1. The van der Waals surface area contributed by atoms with Gasteiger partial charge in [-0.1, -0.05) is 30.3 Å². The lowest BCUT2D eigenvalue weighted by Crippen LogP contribution is -2.31. The maximum absolute atomic E-state index is 12.3. The number of hydrogen-bond acceptors (Lipinski definition) is 4. The molecule has 1 amide bonds. The van der Waals surface area contributed by atoms with Crippen molar-refractivity contribution in [3.63, 3.8) is 0 Å². The van der Waals surface area contributed by atoms with E-state index in [2.05, 4.69) is 0 Å².